The maximum Gasteiger partial charge on any atom is 0.294 e. The van der Waals surface area contributed by atoms with Gasteiger partial charge in [0.1, 0.15) is 11.9 Å². The third-order valence-electron chi connectivity index (χ3n) is 2.65. The van der Waals surface area contributed by atoms with Crippen LogP contribution >= 0.6 is 0 Å². The number of aryl methyl sites for hydroxylation is 1. The minimum atomic E-state index is -3.08. The maximum absolute atomic E-state index is 13.7. The molecule has 1 saturated heterocycles. The van der Waals surface area contributed by atoms with Crippen LogP contribution in [0.5, 0.6) is 5.75 Å². The Labute approximate surface area is 98.8 Å². The zero-order chi connectivity index (χ0) is 12.5. The molecule has 0 saturated carbocycles. The van der Waals surface area contributed by atoms with Crippen molar-refractivity contribution in [2.45, 2.75) is 19.0 Å². The standard InChI is InChI=1S/C13H14F2O2/c1-3-13(14,15)11-6-9(2)4-5-12(11)17-10-7-16-8-10/h3-6,10H,1,7-8H2,2H3. The highest BCUT2D eigenvalue weighted by molar-refractivity contribution is 5.41. The van der Waals surface area contributed by atoms with E-state index in [2.05, 4.69) is 6.58 Å². The van der Waals surface area contributed by atoms with Crippen molar-refractivity contribution >= 4 is 0 Å². The normalized spacial score (nSPS) is 16.4. The minimum absolute atomic E-state index is 0.128. The average Bonchev–Trinajstić information content (AvgIpc) is 2.25. The molecule has 0 unspecified atom stereocenters. The molecule has 4 heteroatoms. The number of hydrogen-bond donors (Lipinski definition) is 0. The van der Waals surface area contributed by atoms with E-state index in [0.29, 0.717) is 19.3 Å². The van der Waals surface area contributed by atoms with Gasteiger partial charge in [0.15, 0.2) is 0 Å². The summed E-state index contributed by atoms with van der Waals surface area (Å²) < 4.78 is 37.8. The van der Waals surface area contributed by atoms with Gasteiger partial charge in [0.05, 0.1) is 18.8 Å². The van der Waals surface area contributed by atoms with Crippen LogP contribution in [0, 0.1) is 6.92 Å². The molecular formula is C13H14F2O2. The Balaban J connectivity index is 2.32. The molecule has 2 nitrogen and oxygen atoms in total. The summed E-state index contributed by atoms with van der Waals surface area (Å²) >= 11 is 0. The van der Waals surface area contributed by atoms with Gasteiger partial charge in [0.2, 0.25) is 0 Å². The summed E-state index contributed by atoms with van der Waals surface area (Å²) in [6.45, 7) is 5.83. The molecule has 1 aromatic rings. The summed E-state index contributed by atoms with van der Waals surface area (Å²) in [4.78, 5) is 0. The monoisotopic (exact) mass is 240 g/mol. The fourth-order valence-electron chi connectivity index (χ4n) is 1.58. The van der Waals surface area contributed by atoms with Crippen LogP contribution in [0.4, 0.5) is 8.78 Å². The largest absolute Gasteiger partial charge is 0.485 e. The quantitative estimate of drug-likeness (QED) is 0.753. The summed E-state index contributed by atoms with van der Waals surface area (Å²) in [7, 11) is 0. The molecule has 0 aliphatic carbocycles. The lowest BCUT2D eigenvalue weighted by molar-refractivity contribution is -0.0816. The van der Waals surface area contributed by atoms with E-state index in [9.17, 15) is 8.78 Å². The summed E-state index contributed by atoms with van der Waals surface area (Å²) in [5, 5.41) is 0. The molecule has 1 aliphatic heterocycles. The molecule has 1 aromatic carbocycles. The van der Waals surface area contributed by atoms with Crippen molar-refractivity contribution in [3.8, 4) is 5.75 Å². The first-order chi connectivity index (χ1) is 8.03. The van der Waals surface area contributed by atoms with E-state index in [0.717, 1.165) is 5.56 Å². The predicted molar refractivity (Wildman–Crippen MR) is 60.5 cm³/mol. The molecule has 0 aromatic heterocycles. The second kappa shape index (κ2) is 4.45. The summed E-state index contributed by atoms with van der Waals surface area (Å²) in [5.74, 6) is -2.87. The van der Waals surface area contributed by atoms with Crippen LogP contribution in [0.15, 0.2) is 30.9 Å². The molecule has 17 heavy (non-hydrogen) atoms. The molecule has 0 atom stereocenters. The Morgan fingerprint density at radius 3 is 2.71 bits per heavy atom. The Morgan fingerprint density at radius 2 is 2.18 bits per heavy atom. The fourth-order valence-corrected chi connectivity index (χ4v) is 1.58. The zero-order valence-corrected chi connectivity index (χ0v) is 9.58. The van der Waals surface area contributed by atoms with Gasteiger partial charge in [0, 0.05) is 0 Å². The van der Waals surface area contributed by atoms with E-state index in [1.807, 2.05) is 0 Å². The van der Waals surface area contributed by atoms with Crippen LogP contribution in [0.2, 0.25) is 0 Å². The molecule has 1 heterocycles. The zero-order valence-electron chi connectivity index (χ0n) is 9.58. The molecule has 2 rings (SSSR count). The number of benzene rings is 1. The van der Waals surface area contributed by atoms with Crippen LogP contribution in [0.3, 0.4) is 0 Å². The predicted octanol–water partition coefficient (Wildman–Crippen LogP) is 3.05. The van der Waals surface area contributed by atoms with Crippen LogP contribution in [-0.2, 0) is 10.7 Å². The highest BCUT2D eigenvalue weighted by atomic mass is 19.3. The number of ether oxygens (including phenoxy) is 2. The smallest absolute Gasteiger partial charge is 0.294 e. The molecule has 0 spiro atoms. The molecule has 0 N–H and O–H groups in total. The van der Waals surface area contributed by atoms with E-state index >= 15 is 0 Å². The van der Waals surface area contributed by atoms with E-state index in [1.165, 1.54) is 6.07 Å². The van der Waals surface area contributed by atoms with Gasteiger partial charge in [-0.05, 0) is 25.1 Å². The second-order valence-electron chi connectivity index (χ2n) is 4.10. The van der Waals surface area contributed by atoms with Crippen LogP contribution in [0.1, 0.15) is 11.1 Å². The molecule has 1 fully saturated rings. The minimum Gasteiger partial charge on any atom is -0.485 e. The number of halogens is 2. The third kappa shape index (κ3) is 2.47. The van der Waals surface area contributed by atoms with Gasteiger partial charge in [-0.3, -0.25) is 0 Å². The first kappa shape index (κ1) is 12.0. The van der Waals surface area contributed by atoms with Gasteiger partial charge in [-0.1, -0.05) is 18.2 Å². The molecular weight excluding hydrogens is 226 g/mol. The summed E-state index contributed by atoms with van der Waals surface area (Å²) in [6, 6.07) is 4.74. The number of alkyl halides is 2. The van der Waals surface area contributed by atoms with Crippen molar-refractivity contribution in [1.29, 1.82) is 0 Å². The number of allylic oxidation sites excluding steroid dienone is 1. The second-order valence-corrected chi connectivity index (χ2v) is 4.10. The van der Waals surface area contributed by atoms with Gasteiger partial charge in [-0.2, -0.15) is 8.78 Å². The SMILES string of the molecule is C=CC(F)(F)c1cc(C)ccc1OC1COC1. The fraction of sp³-hybridized carbons (Fsp3) is 0.385. The van der Waals surface area contributed by atoms with Gasteiger partial charge in [0.25, 0.3) is 5.92 Å². The summed E-state index contributed by atoms with van der Waals surface area (Å²) in [6.07, 6.45) is 0.503. The number of rotatable bonds is 4. The topological polar surface area (TPSA) is 18.5 Å². The van der Waals surface area contributed by atoms with Gasteiger partial charge >= 0.3 is 0 Å². The van der Waals surface area contributed by atoms with Crippen LogP contribution < -0.4 is 4.74 Å². The van der Waals surface area contributed by atoms with Crippen LogP contribution in [0.25, 0.3) is 0 Å². The van der Waals surface area contributed by atoms with Crippen molar-refractivity contribution in [1.82, 2.24) is 0 Å². The molecule has 1 aliphatic rings. The Bertz CT molecular complexity index is 425. The Kier molecular flexibility index (Phi) is 3.15. The average molecular weight is 240 g/mol. The van der Waals surface area contributed by atoms with Crippen LogP contribution in [-0.4, -0.2) is 19.3 Å². The van der Waals surface area contributed by atoms with Crippen molar-refractivity contribution in [2.24, 2.45) is 0 Å². The molecule has 92 valence electrons. The molecule has 0 bridgehead atoms. The lowest BCUT2D eigenvalue weighted by Gasteiger charge is -2.28. The van der Waals surface area contributed by atoms with Gasteiger partial charge < -0.3 is 9.47 Å². The van der Waals surface area contributed by atoms with Crippen molar-refractivity contribution in [2.75, 3.05) is 13.2 Å². The van der Waals surface area contributed by atoms with Crippen molar-refractivity contribution in [3.63, 3.8) is 0 Å². The van der Waals surface area contributed by atoms with Gasteiger partial charge in [-0.25, -0.2) is 0 Å². The lowest BCUT2D eigenvalue weighted by atomic mass is 10.0. The Hall–Kier alpha value is -1.42. The highest BCUT2D eigenvalue weighted by Gasteiger charge is 2.32. The van der Waals surface area contributed by atoms with Gasteiger partial charge in [-0.15, -0.1) is 0 Å². The van der Waals surface area contributed by atoms with E-state index in [4.69, 9.17) is 9.47 Å². The molecule has 0 radical (unpaired) electrons. The Morgan fingerprint density at radius 1 is 1.47 bits per heavy atom. The van der Waals surface area contributed by atoms with Crippen molar-refractivity contribution in [3.05, 3.63) is 42.0 Å². The van der Waals surface area contributed by atoms with E-state index in [-0.39, 0.29) is 17.4 Å². The first-order valence-corrected chi connectivity index (χ1v) is 5.40. The van der Waals surface area contributed by atoms with E-state index < -0.39 is 5.92 Å². The lowest BCUT2D eigenvalue weighted by Crippen LogP contribution is -2.39. The molecule has 0 amide bonds. The third-order valence-corrected chi connectivity index (χ3v) is 2.65. The maximum atomic E-state index is 13.7. The van der Waals surface area contributed by atoms with Crippen molar-refractivity contribution < 1.29 is 18.3 Å². The summed E-state index contributed by atoms with van der Waals surface area (Å²) in [5.41, 5.74) is 0.623. The van der Waals surface area contributed by atoms with E-state index in [1.54, 1.807) is 19.1 Å². The number of hydrogen-bond acceptors (Lipinski definition) is 2. The highest BCUT2D eigenvalue weighted by Crippen LogP contribution is 2.37. The first-order valence-electron chi connectivity index (χ1n) is 5.40.